The first-order valence-electron chi connectivity index (χ1n) is 7.47. The van der Waals surface area contributed by atoms with E-state index in [4.69, 9.17) is 5.73 Å². The molecule has 102 valence electrons. The van der Waals surface area contributed by atoms with E-state index in [1.165, 1.54) is 38.8 Å². The van der Waals surface area contributed by atoms with Gasteiger partial charge in [-0.2, -0.15) is 0 Å². The summed E-state index contributed by atoms with van der Waals surface area (Å²) in [6.45, 7) is 12.6. The van der Waals surface area contributed by atoms with E-state index in [9.17, 15) is 0 Å². The second kappa shape index (κ2) is 7.38. The van der Waals surface area contributed by atoms with E-state index in [0.29, 0.717) is 5.92 Å². The maximum Gasteiger partial charge on any atom is 0.00965 e. The average molecular weight is 240 g/mol. The molecule has 0 aliphatic heterocycles. The van der Waals surface area contributed by atoms with Crippen molar-refractivity contribution in [3.05, 3.63) is 0 Å². The fourth-order valence-electron chi connectivity index (χ4n) is 2.53. The monoisotopic (exact) mass is 240 g/mol. The molecule has 0 spiro atoms. The molecule has 2 N–H and O–H groups in total. The number of nitrogens with two attached hydrogens (primary N) is 1. The molecule has 0 bridgehead atoms. The van der Waals surface area contributed by atoms with Gasteiger partial charge in [-0.05, 0) is 56.5 Å². The van der Waals surface area contributed by atoms with Crippen molar-refractivity contribution in [3.63, 3.8) is 0 Å². The lowest BCUT2D eigenvalue weighted by Crippen LogP contribution is -2.36. The van der Waals surface area contributed by atoms with Crippen LogP contribution in [0.4, 0.5) is 0 Å². The molecule has 0 aromatic carbocycles. The third-order valence-electron chi connectivity index (χ3n) is 3.69. The van der Waals surface area contributed by atoms with Gasteiger partial charge in [0.1, 0.15) is 0 Å². The van der Waals surface area contributed by atoms with E-state index in [1.807, 2.05) is 0 Å². The quantitative estimate of drug-likeness (QED) is 0.671. The molecule has 0 heterocycles. The lowest BCUT2D eigenvalue weighted by atomic mass is 9.96. The summed E-state index contributed by atoms with van der Waals surface area (Å²) in [4.78, 5) is 2.71. The molecule has 17 heavy (non-hydrogen) atoms. The molecule has 1 unspecified atom stereocenters. The van der Waals surface area contributed by atoms with Crippen LogP contribution >= 0.6 is 0 Å². The normalized spacial score (nSPS) is 18.4. The van der Waals surface area contributed by atoms with Gasteiger partial charge < -0.3 is 10.6 Å². The van der Waals surface area contributed by atoms with Gasteiger partial charge in [-0.1, -0.05) is 27.7 Å². The SMILES string of the molecule is CC(C)CCN(CC(CN)CC(C)C)C1CC1. The molecular formula is C15H32N2. The third kappa shape index (κ3) is 6.42. The molecule has 0 aromatic rings. The zero-order valence-electron chi connectivity index (χ0n) is 12.3. The predicted octanol–water partition coefficient (Wildman–Crippen LogP) is 3.12. The van der Waals surface area contributed by atoms with Crippen LogP contribution in [0.25, 0.3) is 0 Å². The van der Waals surface area contributed by atoms with Gasteiger partial charge in [-0.25, -0.2) is 0 Å². The first-order valence-corrected chi connectivity index (χ1v) is 7.47. The summed E-state index contributed by atoms with van der Waals surface area (Å²) in [5.74, 6) is 2.29. The summed E-state index contributed by atoms with van der Waals surface area (Å²) in [6.07, 6.45) is 5.44. The Bertz CT molecular complexity index is 197. The van der Waals surface area contributed by atoms with Crippen LogP contribution < -0.4 is 5.73 Å². The smallest absolute Gasteiger partial charge is 0.00965 e. The van der Waals surface area contributed by atoms with Crippen LogP contribution in [0.2, 0.25) is 0 Å². The highest BCUT2D eigenvalue weighted by molar-refractivity contribution is 4.86. The summed E-state index contributed by atoms with van der Waals surface area (Å²) in [6, 6.07) is 0.884. The number of rotatable bonds is 9. The number of hydrogen-bond acceptors (Lipinski definition) is 2. The van der Waals surface area contributed by atoms with Gasteiger partial charge in [0.15, 0.2) is 0 Å². The van der Waals surface area contributed by atoms with E-state index in [2.05, 4.69) is 32.6 Å². The largest absolute Gasteiger partial charge is 0.330 e. The van der Waals surface area contributed by atoms with E-state index in [1.54, 1.807) is 0 Å². The van der Waals surface area contributed by atoms with Crippen molar-refractivity contribution in [2.24, 2.45) is 23.5 Å². The Morgan fingerprint density at radius 1 is 1.12 bits per heavy atom. The summed E-state index contributed by atoms with van der Waals surface area (Å²) in [5, 5.41) is 0. The molecule has 2 nitrogen and oxygen atoms in total. The molecule has 2 heteroatoms. The molecule has 0 aromatic heterocycles. The maximum absolute atomic E-state index is 5.92. The van der Waals surface area contributed by atoms with E-state index in [-0.39, 0.29) is 0 Å². The first kappa shape index (κ1) is 15.0. The highest BCUT2D eigenvalue weighted by Gasteiger charge is 2.30. The molecule has 1 aliphatic rings. The molecule has 1 fully saturated rings. The van der Waals surface area contributed by atoms with Crippen LogP contribution in [-0.2, 0) is 0 Å². The van der Waals surface area contributed by atoms with Gasteiger partial charge in [-0.15, -0.1) is 0 Å². The van der Waals surface area contributed by atoms with Crippen LogP contribution in [0.1, 0.15) is 53.4 Å². The first-order chi connectivity index (χ1) is 8.02. The van der Waals surface area contributed by atoms with Gasteiger partial charge >= 0.3 is 0 Å². The van der Waals surface area contributed by atoms with Gasteiger partial charge in [0, 0.05) is 12.6 Å². The summed E-state index contributed by atoms with van der Waals surface area (Å²) < 4.78 is 0. The van der Waals surface area contributed by atoms with Crippen molar-refractivity contribution < 1.29 is 0 Å². The van der Waals surface area contributed by atoms with Crippen molar-refractivity contribution in [1.29, 1.82) is 0 Å². The molecule has 1 atom stereocenters. The topological polar surface area (TPSA) is 29.3 Å². The second-order valence-corrected chi connectivity index (χ2v) is 6.64. The van der Waals surface area contributed by atoms with Crippen molar-refractivity contribution in [3.8, 4) is 0 Å². The Labute approximate surface area is 108 Å². The fourth-order valence-corrected chi connectivity index (χ4v) is 2.53. The van der Waals surface area contributed by atoms with Gasteiger partial charge in [-0.3, -0.25) is 0 Å². The van der Waals surface area contributed by atoms with Crippen LogP contribution in [0, 0.1) is 17.8 Å². The maximum atomic E-state index is 5.92. The molecule has 0 amide bonds. The Morgan fingerprint density at radius 2 is 1.76 bits per heavy atom. The second-order valence-electron chi connectivity index (χ2n) is 6.64. The zero-order valence-corrected chi connectivity index (χ0v) is 12.3. The average Bonchev–Trinajstić information content (AvgIpc) is 3.05. The minimum atomic E-state index is 0.697. The van der Waals surface area contributed by atoms with Crippen LogP contribution in [-0.4, -0.2) is 30.6 Å². The molecule has 0 saturated heterocycles. The van der Waals surface area contributed by atoms with Crippen molar-refractivity contribution >= 4 is 0 Å². The zero-order chi connectivity index (χ0) is 12.8. The van der Waals surface area contributed by atoms with E-state index in [0.717, 1.165) is 24.4 Å². The van der Waals surface area contributed by atoms with E-state index >= 15 is 0 Å². The van der Waals surface area contributed by atoms with Crippen LogP contribution in [0.5, 0.6) is 0 Å². The van der Waals surface area contributed by atoms with Crippen molar-refractivity contribution in [2.45, 2.75) is 59.4 Å². The Balaban J connectivity index is 2.35. The van der Waals surface area contributed by atoms with E-state index < -0.39 is 0 Å². The van der Waals surface area contributed by atoms with Crippen molar-refractivity contribution in [2.75, 3.05) is 19.6 Å². The van der Waals surface area contributed by atoms with Crippen LogP contribution in [0.15, 0.2) is 0 Å². The standard InChI is InChI=1S/C15H32N2/c1-12(2)7-8-17(15-5-6-15)11-14(10-16)9-13(3)4/h12-15H,5-11,16H2,1-4H3. The number of nitrogens with zero attached hydrogens (tertiary/aromatic N) is 1. The van der Waals surface area contributed by atoms with Crippen molar-refractivity contribution in [1.82, 2.24) is 4.90 Å². The Morgan fingerprint density at radius 3 is 2.18 bits per heavy atom. The Hall–Kier alpha value is -0.0800. The molecule has 1 rings (SSSR count). The lowest BCUT2D eigenvalue weighted by Gasteiger charge is -2.28. The molecular weight excluding hydrogens is 208 g/mol. The van der Waals surface area contributed by atoms with Gasteiger partial charge in [0.05, 0.1) is 0 Å². The molecule has 0 radical (unpaired) electrons. The third-order valence-corrected chi connectivity index (χ3v) is 3.69. The summed E-state index contributed by atoms with van der Waals surface area (Å²) >= 11 is 0. The molecule has 1 aliphatic carbocycles. The van der Waals surface area contributed by atoms with Gasteiger partial charge in [0.2, 0.25) is 0 Å². The highest BCUT2D eigenvalue weighted by atomic mass is 15.2. The lowest BCUT2D eigenvalue weighted by molar-refractivity contribution is 0.199. The summed E-state index contributed by atoms with van der Waals surface area (Å²) in [5.41, 5.74) is 5.92. The predicted molar refractivity (Wildman–Crippen MR) is 76.0 cm³/mol. The van der Waals surface area contributed by atoms with Gasteiger partial charge in [0.25, 0.3) is 0 Å². The summed E-state index contributed by atoms with van der Waals surface area (Å²) in [7, 11) is 0. The highest BCUT2D eigenvalue weighted by Crippen LogP contribution is 2.29. The fraction of sp³-hybridized carbons (Fsp3) is 1.00. The number of hydrogen-bond donors (Lipinski definition) is 1. The molecule has 1 saturated carbocycles. The minimum Gasteiger partial charge on any atom is -0.330 e. The van der Waals surface area contributed by atoms with Crippen LogP contribution in [0.3, 0.4) is 0 Å². The Kier molecular flexibility index (Phi) is 6.50. The minimum absolute atomic E-state index is 0.697.